The molecule has 0 saturated heterocycles. The summed E-state index contributed by atoms with van der Waals surface area (Å²) in [6.45, 7) is 2.48. The van der Waals surface area contributed by atoms with Gasteiger partial charge in [0.2, 0.25) is 0 Å². The van der Waals surface area contributed by atoms with Crippen LogP contribution in [0.15, 0.2) is 40.5 Å². The van der Waals surface area contributed by atoms with Gasteiger partial charge in [0.05, 0.1) is 17.2 Å². The molecule has 0 aliphatic rings. The molecule has 0 bridgehead atoms. The molecule has 2 aromatic heterocycles. The number of benzene rings is 1. The molecule has 3 rings (SSSR count). The molecule has 0 atom stereocenters. The van der Waals surface area contributed by atoms with E-state index in [1.165, 1.54) is 6.21 Å². The van der Waals surface area contributed by atoms with Crippen LogP contribution in [0, 0.1) is 0 Å². The normalized spacial score (nSPS) is 11.8. The fraction of sp³-hybridized carbons (Fsp3) is 0.154. The highest BCUT2D eigenvalue weighted by molar-refractivity contribution is 5.89. The molecule has 0 fully saturated rings. The van der Waals surface area contributed by atoms with Gasteiger partial charge in [-0.2, -0.15) is 0 Å². The van der Waals surface area contributed by atoms with E-state index < -0.39 is 0 Å². The van der Waals surface area contributed by atoms with Crippen LogP contribution in [0.5, 0.6) is 0 Å². The third kappa shape index (κ3) is 1.53. The second-order valence-electron chi connectivity index (χ2n) is 4.13. The Morgan fingerprint density at radius 3 is 2.79 bits per heavy atom. The summed E-state index contributed by atoms with van der Waals surface area (Å²) in [4.78, 5) is 16.6. The Morgan fingerprint density at radius 1 is 1.37 bits per heavy atom. The van der Waals surface area contributed by atoms with Crippen molar-refractivity contribution in [2.24, 2.45) is 5.16 Å². The van der Waals surface area contributed by atoms with Crippen molar-refractivity contribution in [3.63, 3.8) is 0 Å². The van der Waals surface area contributed by atoms with Crippen LogP contribution in [-0.4, -0.2) is 25.4 Å². The van der Waals surface area contributed by atoms with E-state index in [-0.39, 0.29) is 5.56 Å². The van der Waals surface area contributed by atoms with E-state index in [1.54, 1.807) is 15.3 Å². The van der Waals surface area contributed by atoms with Gasteiger partial charge >= 0.3 is 0 Å². The molecule has 6 nitrogen and oxygen atoms in total. The van der Waals surface area contributed by atoms with Gasteiger partial charge in [-0.15, -0.1) is 0 Å². The number of aryl methyl sites for hydroxylation is 1. The minimum absolute atomic E-state index is 0.145. The first kappa shape index (κ1) is 11.5. The molecule has 0 aliphatic heterocycles. The summed E-state index contributed by atoms with van der Waals surface area (Å²) < 4.78 is 3.40. The van der Waals surface area contributed by atoms with E-state index >= 15 is 0 Å². The van der Waals surface area contributed by atoms with Crippen molar-refractivity contribution in [2.45, 2.75) is 13.5 Å². The highest BCUT2D eigenvalue weighted by Crippen LogP contribution is 2.15. The summed E-state index contributed by atoms with van der Waals surface area (Å²) in [5.41, 5.74) is 2.38. The van der Waals surface area contributed by atoms with Crippen molar-refractivity contribution in [1.29, 1.82) is 0 Å². The standard InChI is InChI=1S/C13H12N4O2/c1-2-16-10-5-3-4-6-11(10)17-8-14-9(7-15-19)12(17)13(16)18/h3-8,19H,2H2,1H3/b15-7-. The second-order valence-corrected chi connectivity index (χ2v) is 4.13. The predicted octanol–water partition coefficient (Wildman–Crippen LogP) is 1.48. The van der Waals surface area contributed by atoms with E-state index in [1.807, 2.05) is 31.2 Å². The number of imidazole rings is 1. The molecular formula is C13H12N4O2. The summed E-state index contributed by atoms with van der Waals surface area (Å²) in [6.07, 6.45) is 2.74. The van der Waals surface area contributed by atoms with Gasteiger partial charge in [0.1, 0.15) is 17.5 Å². The SMILES string of the molecule is CCn1c(=O)c2c(/C=N\O)ncn2c2ccccc21. The first-order chi connectivity index (χ1) is 9.27. The molecule has 0 spiro atoms. The van der Waals surface area contributed by atoms with E-state index in [4.69, 9.17) is 5.21 Å². The number of fused-ring (bicyclic) bond motifs is 3. The molecule has 19 heavy (non-hydrogen) atoms. The van der Waals surface area contributed by atoms with E-state index in [9.17, 15) is 4.79 Å². The Balaban J connectivity index is 2.60. The Kier molecular flexibility index (Phi) is 2.56. The number of aromatic nitrogens is 3. The lowest BCUT2D eigenvalue weighted by Gasteiger charge is -2.09. The van der Waals surface area contributed by atoms with Crippen LogP contribution in [0.1, 0.15) is 12.6 Å². The minimum Gasteiger partial charge on any atom is -0.411 e. The molecule has 1 aromatic carbocycles. The zero-order valence-electron chi connectivity index (χ0n) is 10.3. The minimum atomic E-state index is -0.145. The fourth-order valence-electron chi connectivity index (χ4n) is 2.35. The molecule has 0 saturated carbocycles. The van der Waals surface area contributed by atoms with Crippen LogP contribution in [0.4, 0.5) is 0 Å². The maximum Gasteiger partial charge on any atom is 0.277 e. The van der Waals surface area contributed by atoms with Crippen LogP contribution in [-0.2, 0) is 6.54 Å². The number of rotatable bonds is 2. The zero-order valence-corrected chi connectivity index (χ0v) is 10.3. The van der Waals surface area contributed by atoms with Gasteiger partial charge in [-0.25, -0.2) is 4.98 Å². The van der Waals surface area contributed by atoms with E-state index in [0.29, 0.717) is 17.8 Å². The highest BCUT2D eigenvalue weighted by Gasteiger charge is 2.13. The van der Waals surface area contributed by atoms with Gasteiger partial charge in [-0.3, -0.25) is 9.20 Å². The Hall–Kier alpha value is -2.63. The number of oxime groups is 1. The molecular weight excluding hydrogens is 244 g/mol. The summed E-state index contributed by atoms with van der Waals surface area (Å²) >= 11 is 0. The van der Waals surface area contributed by atoms with Crippen molar-refractivity contribution in [3.8, 4) is 0 Å². The maximum absolute atomic E-state index is 12.5. The van der Waals surface area contributed by atoms with E-state index in [2.05, 4.69) is 10.1 Å². The molecule has 0 aliphatic carbocycles. The summed E-state index contributed by atoms with van der Waals surface area (Å²) in [5, 5.41) is 11.6. The molecule has 0 amide bonds. The lowest BCUT2D eigenvalue weighted by molar-refractivity contribution is 0.322. The van der Waals surface area contributed by atoms with Crippen molar-refractivity contribution in [3.05, 3.63) is 46.6 Å². The second kappa shape index (κ2) is 4.24. The van der Waals surface area contributed by atoms with Crippen LogP contribution >= 0.6 is 0 Å². The van der Waals surface area contributed by atoms with Crippen LogP contribution in [0.25, 0.3) is 16.6 Å². The summed E-state index contributed by atoms with van der Waals surface area (Å²) in [5.74, 6) is 0. The third-order valence-corrected chi connectivity index (χ3v) is 3.17. The molecule has 3 aromatic rings. The third-order valence-electron chi connectivity index (χ3n) is 3.17. The Labute approximate surface area is 108 Å². The molecule has 0 unspecified atom stereocenters. The van der Waals surface area contributed by atoms with Crippen molar-refractivity contribution >= 4 is 22.8 Å². The summed E-state index contributed by atoms with van der Waals surface area (Å²) in [7, 11) is 0. The van der Waals surface area contributed by atoms with Gasteiger partial charge in [0, 0.05) is 6.54 Å². The Bertz CT molecular complexity index is 845. The fourth-order valence-corrected chi connectivity index (χ4v) is 2.35. The summed E-state index contributed by atoms with van der Waals surface area (Å²) in [6, 6.07) is 7.63. The largest absolute Gasteiger partial charge is 0.411 e. The first-order valence-electron chi connectivity index (χ1n) is 5.94. The highest BCUT2D eigenvalue weighted by atomic mass is 16.4. The number of nitrogens with zero attached hydrogens (tertiary/aromatic N) is 4. The van der Waals surface area contributed by atoms with E-state index in [0.717, 1.165) is 11.0 Å². The molecule has 6 heteroatoms. The van der Waals surface area contributed by atoms with Gasteiger partial charge in [0.25, 0.3) is 5.56 Å². The van der Waals surface area contributed by atoms with Crippen molar-refractivity contribution in [2.75, 3.05) is 0 Å². The van der Waals surface area contributed by atoms with Gasteiger partial charge in [-0.1, -0.05) is 17.3 Å². The van der Waals surface area contributed by atoms with Gasteiger partial charge < -0.3 is 9.77 Å². The lowest BCUT2D eigenvalue weighted by atomic mass is 10.2. The molecule has 96 valence electrons. The molecule has 2 heterocycles. The van der Waals surface area contributed by atoms with Crippen molar-refractivity contribution in [1.82, 2.24) is 14.0 Å². The quantitative estimate of drug-likeness (QED) is 0.429. The predicted molar refractivity (Wildman–Crippen MR) is 72.0 cm³/mol. The maximum atomic E-state index is 12.5. The van der Waals surface area contributed by atoms with Gasteiger partial charge in [0.15, 0.2) is 0 Å². The topological polar surface area (TPSA) is 71.9 Å². The molecule has 1 N–H and O–H groups in total. The smallest absolute Gasteiger partial charge is 0.277 e. The van der Waals surface area contributed by atoms with Crippen molar-refractivity contribution < 1.29 is 5.21 Å². The average Bonchev–Trinajstić information content (AvgIpc) is 2.84. The van der Waals surface area contributed by atoms with Crippen LogP contribution in [0.2, 0.25) is 0 Å². The van der Waals surface area contributed by atoms with Gasteiger partial charge in [-0.05, 0) is 19.1 Å². The monoisotopic (exact) mass is 256 g/mol. The number of para-hydroxylation sites is 2. The number of hydrogen-bond acceptors (Lipinski definition) is 4. The van der Waals surface area contributed by atoms with Crippen LogP contribution in [0.3, 0.4) is 0 Å². The Morgan fingerprint density at radius 2 is 2.11 bits per heavy atom. The number of hydrogen-bond donors (Lipinski definition) is 1. The first-order valence-corrected chi connectivity index (χ1v) is 5.94. The average molecular weight is 256 g/mol. The molecule has 0 radical (unpaired) electrons. The van der Waals surface area contributed by atoms with Crippen LogP contribution < -0.4 is 5.56 Å². The lowest BCUT2D eigenvalue weighted by Crippen LogP contribution is -2.22. The zero-order chi connectivity index (χ0) is 13.4.